The molecule has 0 spiro atoms. The van der Waals surface area contributed by atoms with E-state index >= 15 is 0 Å². The zero-order chi connectivity index (χ0) is 13.5. The van der Waals surface area contributed by atoms with Gasteiger partial charge in [-0.25, -0.2) is 4.98 Å². The highest BCUT2D eigenvalue weighted by Crippen LogP contribution is 2.46. The maximum Gasteiger partial charge on any atom is 0.206 e. The standard InChI is InChI=1S/C16H10BrNO2/c17-9-14-18-15-10-5-1-3-7-12(10)19-13-8-4-2-6-11(13)16(15)20-14/h1-8H,9H2. The Morgan fingerprint density at radius 2 is 1.55 bits per heavy atom. The summed E-state index contributed by atoms with van der Waals surface area (Å²) in [4.78, 5) is 4.58. The minimum atomic E-state index is 0.588. The van der Waals surface area contributed by atoms with Crippen molar-refractivity contribution in [2.45, 2.75) is 5.33 Å². The molecule has 0 atom stereocenters. The zero-order valence-corrected chi connectivity index (χ0v) is 12.1. The molecule has 0 amide bonds. The molecule has 4 rings (SSSR count). The molecular weight excluding hydrogens is 318 g/mol. The molecule has 2 aromatic carbocycles. The molecule has 1 aromatic heterocycles. The summed E-state index contributed by atoms with van der Waals surface area (Å²) in [7, 11) is 0. The van der Waals surface area contributed by atoms with Crippen LogP contribution in [0.4, 0.5) is 0 Å². The number of oxazole rings is 1. The highest BCUT2D eigenvalue weighted by molar-refractivity contribution is 9.08. The lowest BCUT2D eigenvalue weighted by atomic mass is 10.1. The fourth-order valence-electron chi connectivity index (χ4n) is 2.40. The van der Waals surface area contributed by atoms with Gasteiger partial charge in [-0.3, -0.25) is 0 Å². The molecule has 0 fully saturated rings. The molecule has 1 aliphatic rings. The van der Waals surface area contributed by atoms with Crippen molar-refractivity contribution in [1.82, 2.24) is 4.98 Å². The Kier molecular flexibility index (Phi) is 2.63. The maximum atomic E-state index is 6.01. The van der Waals surface area contributed by atoms with Gasteiger partial charge in [-0.2, -0.15) is 0 Å². The van der Waals surface area contributed by atoms with Crippen LogP contribution in [0, 0.1) is 0 Å². The Hall–Kier alpha value is -2.07. The van der Waals surface area contributed by atoms with Crippen molar-refractivity contribution in [3.05, 3.63) is 54.4 Å². The van der Waals surface area contributed by atoms with Crippen LogP contribution in [0.15, 0.2) is 52.9 Å². The molecule has 0 unspecified atom stereocenters. The number of halogens is 1. The summed E-state index contributed by atoms with van der Waals surface area (Å²) in [6.07, 6.45) is 0. The lowest BCUT2D eigenvalue weighted by Crippen LogP contribution is -1.86. The number of benzene rings is 2. The van der Waals surface area contributed by atoms with Gasteiger partial charge in [0.1, 0.15) is 17.2 Å². The molecule has 4 heteroatoms. The Morgan fingerprint density at radius 3 is 2.30 bits per heavy atom. The van der Waals surface area contributed by atoms with E-state index in [9.17, 15) is 0 Å². The third kappa shape index (κ3) is 1.68. The molecule has 3 aromatic rings. The van der Waals surface area contributed by atoms with Crippen molar-refractivity contribution in [2.24, 2.45) is 0 Å². The molecule has 0 radical (unpaired) electrons. The quantitative estimate of drug-likeness (QED) is 0.461. The van der Waals surface area contributed by atoms with Crippen molar-refractivity contribution in [3.63, 3.8) is 0 Å². The van der Waals surface area contributed by atoms with Gasteiger partial charge in [0.2, 0.25) is 5.89 Å². The van der Waals surface area contributed by atoms with Crippen LogP contribution in [0.5, 0.6) is 11.5 Å². The predicted octanol–water partition coefficient (Wildman–Crippen LogP) is 5.01. The van der Waals surface area contributed by atoms with E-state index in [-0.39, 0.29) is 0 Å². The van der Waals surface area contributed by atoms with Crippen molar-refractivity contribution < 1.29 is 9.15 Å². The van der Waals surface area contributed by atoms with E-state index in [4.69, 9.17) is 9.15 Å². The van der Waals surface area contributed by atoms with E-state index in [0.29, 0.717) is 11.2 Å². The summed E-state index contributed by atoms with van der Waals surface area (Å²) in [5.74, 6) is 3.02. The van der Waals surface area contributed by atoms with Gasteiger partial charge in [-0.1, -0.05) is 40.2 Å². The average molecular weight is 328 g/mol. The van der Waals surface area contributed by atoms with Crippen molar-refractivity contribution in [2.75, 3.05) is 0 Å². The number of nitrogens with zero attached hydrogens (tertiary/aromatic N) is 1. The van der Waals surface area contributed by atoms with Crippen LogP contribution in [0.2, 0.25) is 0 Å². The Morgan fingerprint density at radius 1 is 0.900 bits per heavy atom. The summed E-state index contributed by atoms with van der Waals surface area (Å²) in [6, 6.07) is 15.7. The van der Waals surface area contributed by atoms with Crippen molar-refractivity contribution in [3.8, 4) is 34.1 Å². The molecule has 2 heterocycles. The fourth-order valence-corrected chi connectivity index (χ4v) is 2.64. The zero-order valence-electron chi connectivity index (χ0n) is 10.5. The maximum absolute atomic E-state index is 6.01. The van der Waals surface area contributed by atoms with Gasteiger partial charge in [0.25, 0.3) is 0 Å². The van der Waals surface area contributed by atoms with Crippen molar-refractivity contribution >= 4 is 15.9 Å². The highest BCUT2D eigenvalue weighted by Gasteiger charge is 2.25. The summed E-state index contributed by atoms with van der Waals surface area (Å²) in [6.45, 7) is 0. The molecule has 0 saturated carbocycles. The number of aromatic nitrogens is 1. The third-order valence-corrected chi connectivity index (χ3v) is 3.76. The first-order chi connectivity index (χ1) is 9.86. The molecular formula is C16H10BrNO2. The summed E-state index contributed by atoms with van der Waals surface area (Å²) in [5, 5.41) is 0.588. The van der Waals surface area contributed by atoms with Gasteiger partial charge >= 0.3 is 0 Å². The number of hydrogen-bond acceptors (Lipinski definition) is 3. The van der Waals surface area contributed by atoms with E-state index in [1.54, 1.807) is 0 Å². The average Bonchev–Trinajstić information content (AvgIpc) is 2.87. The van der Waals surface area contributed by atoms with Crippen LogP contribution in [-0.4, -0.2) is 4.98 Å². The van der Waals surface area contributed by atoms with Crippen molar-refractivity contribution in [1.29, 1.82) is 0 Å². The van der Waals surface area contributed by atoms with Gasteiger partial charge in [-0.15, -0.1) is 0 Å². The number of hydrogen-bond donors (Lipinski definition) is 0. The first kappa shape index (κ1) is 11.7. The largest absolute Gasteiger partial charge is 0.456 e. The Bertz CT molecular complexity index is 732. The third-order valence-electron chi connectivity index (χ3n) is 3.28. The summed E-state index contributed by atoms with van der Waals surface area (Å²) < 4.78 is 11.9. The van der Waals surface area contributed by atoms with Gasteiger partial charge in [0.05, 0.1) is 10.9 Å². The molecule has 98 valence electrons. The Labute approximate surface area is 124 Å². The molecule has 3 nitrogen and oxygen atoms in total. The molecule has 0 N–H and O–H groups in total. The van der Waals surface area contributed by atoms with E-state index in [1.807, 2.05) is 48.5 Å². The van der Waals surface area contributed by atoms with Crippen LogP contribution in [0.3, 0.4) is 0 Å². The second-order valence-corrected chi connectivity index (χ2v) is 5.07. The SMILES string of the molecule is BrCc1nc2c(o1)-c1ccccc1Oc1ccccc1-2. The second kappa shape index (κ2) is 4.49. The fraction of sp³-hybridized carbons (Fsp3) is 0.0625. The van der Waals surface area contributed by atoms with E-state index < -0.39 is 0 Å². The molecule has 0 bridgehead atoms. The highest BCUT2D eigenvalue weighted by atomic mass is 79.9. The van der Waals surface area contributed by atoms with Gasteiger partial charge < -0.3 is 9.15 Å². The minimum absolute atomic E-state index is 0.588. The van der Waals surface area contributed by atoms with Gasteiger partial charge in [-0.05, 0) is 24.3 Å². The number of ether oxygens (including phenoxy) is 1. The normalized spacial score (nSPS) is 11.8. The predicted molar refractivity (Wildman–Crippen MR) is 80.1 cm³/mol. The monoisotopic (exact) mass is 327 g/mol. The smallest absolute Gasteiger partial charge is 0.206 e. The Balaban J connectivity index is 2.08. The van der Waals surface area contributed by atoms with Crippen LogP contribution in [-0.2, 0) is 5.33 Å². The minimum Gasteiger partial charge on any atom is -0.456 e. The molecule has 20 heavy (non-hydrogen) atoms. The first-order valence-corrected chi connectivity index (χ1v) is 7.41. The number of alkyl halides is 1. The van der Waals surface area contributed by atoms with Crippen LogP contribution in [0.1, 0.15) is 5.89 Å². The van der Waals surface area contributed by atoms with E-state index in [0.717, 1.165) is 34.1 Å². The van der Waals surface area contributed by atoms with E-state index in [2.05, 4.69) is 20.9 Å². The second-order valence-electron chi connectivity index (χ2n) is 4.51. The van der Waals surface area contributed by atoms with Gasteiger partial charge in [0.15, 0.2) is 5.76 Å². The van der Waals surface area contributed by atoms with Crippen LogP contribution in [0.25, 0.3) is 22.6 Å². The summed E-state index contributed by atoms with van der Waals surface area (Å²) in [5.41, 5.74) is 2.72. The van der Waals surface area contributed by atoms with E-state index in [1.165, 1.54) is 0 Å². The van der Waals surface area contributed by atoms with Crippen LogP contribution < -0.4 is 4.74 Å². The summed E-state index contributed by atoms with van der Waals surface area (Å²) >= 11 is 3.40. The van der Waals surface area contributed by atoms with Crippen LogP contribution >= 0.6 is 15.9 Å². The molecule has 0 aliphatic carbocycles. The topological polar surface area (TPSA) is 35.3 Å². The first-order valence-electron chi connectivity index (χ1n) is 6.29. The molecule has 0 saturated heterocycles. The number of fused-ring (bicyclic) bond motifs is 5. The van der Waals surface area contributed by atoms with Gasteiger partial charge in [0, 0.05) is 5.56 Å². The lowest BCUT2D eigenvalue weighted by molar-refractivity contribution is 0.482. The lowest BCUT2D eigenvalue weighted by Gasteiger charge is -2.07. The number of rotatable bonds is 1. The number of para-hydroxylation sites is 2. The molecule has 1 aliphatic heterocycles.